The van der Waals surface area contributed by atoms with Crippen molar-refractivity contribution in [2.24, 2.45) is 0 Å². The van der Waals surface area contributed by atoms with E-state index in [9.17, 15) is 0 Å². The summed E-state index contributed by atoms with van der Waals surface area (Å²) in [5.41, 5.74) is 3.77. The molecule has 4 aliphatic heterocycles. The molecule has 148 valence electrons. The fraction of sp³-hybridized carbons (Fsp3) is 0.360. The Bertz CT molecular complexity index is 1110. The summed E-state index contributed by atoms with van der Waals surface area (Å²) in [5.74, 6) is 3.71. The van der Waals surface area contributed by atoms with Crippen molar-refractivity contribution in [3.8, 4) is 23.0 Å². The van der Waals surface area contributed by atoms with E-state index in [1.54, 1.807) is 0 Å². The molecule has 4 nitrogen and oxygen atoms in total. The highest BCUT2D eigenvalue weighted by Crippen LogP contribution is 2.54. The molecule has 0 fully saturated rings. The summed E-state index contributed by atoms with van der Waals surface area (Å²) in [5, 5.41) is 0. The molecule has 4 heteroatoms. The van der Waals surface area contributed by atoms with Gasteiger partial charge in [-0.05, 0) is 58.0 Å². The lowest BCUT2D eigenvalue weighted by Gasteiger charge is -2.32. The summed E-state index contributed by atoms with van der Waals surface area (Å²) in [7, 11) is 0. The van der Waals surface area contributed by atoms with Crippen LogP contribution in [0.25, 0.3) is 12.2 Å². The molecule has 0 amide bonds. The van der Waals surface area contributed by atoms with Crippen LogP contribution in [0.5, 0.6) is 23.0 Å². The van der Waals surface area contributed by atoms with Crippen molar-refractivity contribution >= 4 is 12.2 Å². The van der Waals surface area contributed by atoms with Crippen LogP contribution in [-0.2, 0) is 0 Å². The van der Waals surface area contributed by atoms with Gasteiger partial charge in [-0.2, -0.15) is 0 Å². The third kappa shape index (κ3) is 2.58. The molecule has 0 saturated heterocycles. The lowest BCUT2D eigenvalue weighted by molar-refractivity contribution is 0.135. The van der Waals surface area contributed by atoms with E-state index in [0.29, 0.717) is 6.61 Å². The van der Waals surface area contributed by atoms with Gasteiger partial charge in [0.1, 0.15) is 40.3 Å². The van der Waals surface area contributed by atoms with Gasteiger partial charge in [0.05, 0.1) is 12.5 Å². The second-order valence-electron chi connectivity index (χ2n) is 9.39. The first kappa shape index (κ1) is 17.0. The van der Waals surface area contributed by atoms with E-state index in [0.717, 1.165) is 45.3 Å². The van der Waals surface area contributed by atoms with Crippen molar-refractivity contribution < 1.29 is 18.9 Å². The van der Waals surface area contributed by atoms with E-state index in [1.807, 2.05) is 6.07 Å². The number of fused-ring (bicyclic) bond motifs is 7. The zero-order chi connectivity index (χ0) is 20.0. The molecule has 0 aromatic heterocycles. The lowest BCUT2D eigenvalue weighted by atomic mass is 9.87. The number of rotatable bonds is 0. The van der Waals surface area contributed by atoms with E-state index in [2.05, 4.69) is 70.2 Å². The Morgan fingerprint density at radius 1 is 0.724 bits per heavy atom. The van der Waals surface area contributed by atoms with Gasteiger partial charge in [-0.25, -0.2) is 0 Å². The Balaban J connectivity index is 1.40. The average Bonchev–Trinajstić information content (AvgIpc) is 3.01. The lowest BCUT2D eigenvalue weighted by Crippen LogP contribution is -2.28. The van der Waals surface area contributed by atoms with Gasteiger partial charge < -0.3 is 18.9 Å². The van der Waals surface area contributed by atoms with Gasteiger partial charge in [0, 0.05) is 28.3 Å². The molecule has 29 heavy (non-hydrogen) atoms. The van der Waals surface area contributed by atoms with Crippen LogP contribution in [0.15, 0.2) is 36.4 Å². The quantitative estimate of drug-likeness (QED) is 0.583. The molecule has 0 saturated carbocycles. The molecule has 6 rings (SSSR count). The first-order chi connectivity index (χ1) is 13.8. The molecule has 0 N–H and O–H groups in total. The molecule has 2 aromatic rings. The summed E-state index contributed by atoms with van der Waals surface area (Å²) in [4.78, 5) is 0. The highest BCUT2D eigenvalue weighted by Gasteiger charge is 2.42. The second kappa shape index (κ2) is 5.38. The molecule has 0 bridgehead atoms. The molecular weight excluding hydrogens is 364 g/mol. The largest absolute Gasteiger partial charge is 0.492 e. The van der Waals surface area contributed by atoms with Crippen LogP contribution in [0.2, 0.25) is 0 Å². The minimum absolute atomic E-state index is 0.0526. The number of ether oxygens (including phenoxy) is 4. The highest BCUT2D eigenvalue weighted by atomic mass is 16.5. The third-order valence-electron chi connectivity index (χ3n) is 6.10. The van der Waals surface area contributed by atoms with Crippen molar-refractivity contribution in [3.05, 3.63) is 58.7 Å². The van der Waals surface area contributed by atoms with E-state index in [-0.39, 0.29) is 23.2 Å². The molecule has 2 unspecified atom stereocenters. The van der Waals surface area contributed by atoms with Crippen LogP contribution in [0, 0.1) is 0 Å². The summed E-state index contributed by atoms with van der Waals surface area (Å²) in [6.07, 6.45) is 8.37. The Morgan fingerprint density at radius 3 is 2.10 bits per heavy atom. The van der Waals surface area contributed by atoms with Gasteiger partial charge >= 0.3 is 0 Å². The van der Waals surface area contributed by atoms with Crippen molar-refractivity contribution in [3.63, 3.8) is 0 Å². The normalized spacial score (nSPS) is 25.8. The second-order valence-corrected chi connectivity index (χ2v) is 9.39. The summed E-state index contributed by atoms with van der Waals surface area (Å²) in [6.45, 7) is 8.83. The Hall–Kier alpha value is -2.88. The van der Waals surface area contributed by atoms with Gasteiger partial charge in [0.25, 0.3) is 0 Å². The van der Waals surface area contributed by atoms with Crippen LogP contribution in [0.1, 0.15) is 62.0 Å². The van der Waals surface area contributed by atoms with Gasteiger partial charge in [-0.15, -0.1) is 0 Å². The average molecular weight is 388 g/mol. The fourth-order valence-electron chi connectivity index (χ4n) is 4.60. The van der Waals surface area contributed by atoms with Gasteiger partial charge in [-0.3, -0.25) is 0 Å². The molecule has 0 aliphatic carbocycles. The Labute approximate surface area is 170 Å². The van der Waals surface area contributed by atoms with E-state index < -0.39 is 0 Å². The number of benzene rings is 2. The first-order valence-electron chi connectivity index (χ1n) is 10.2. The maximum Gasteiger partial charge on any atom is 0.138 e. The van der Waals surface area contributed by atoms with Crippen LogP contribution >= 0.6 is 0 Å². The standard InChI is InChI=1S/C25H24O4/c1-24(2)8-6-15-10-22-16(11-19(15)28-24)18-13-26-21-12-20-14(5-7-25(3,4)29-20)9-17(21)23(18)27-22/h5-12,18,23H,13H2,1-4H3. The minimum atomic E-state index is -0.307. The SMILES string of the molecule is CC1(C)C=Cc2cc3c(cc2O1)OCC1c2cc4c(cc2OC31)C=CC(C)(C)O4. The summed E-state index contributed by atoms with van der Waals surface area (Å²) in [6, 6.07) is 8.40. The number of hydrogen-bond donors (Lipinski definition) is 0. The van der Waals surface area contributed by atoms with Crippen molar-refractivity contribution in [1.29, 1.82) is 0 Å². The maximum absolute atomic E-state index is 6.45. The summed E-state index contributed by atoms with van der Waals surface area (Å²) < 4.78 is 24.9. The van der Waals surface area contributed by atoms with Crippen molar-refractivity contribution in [2.75, 3.05) is 6.61 Å². The smallest absolute Gasteiger partial charge is 0.138 e. The monoisotopic (exact) mass is 388 g/mol. The fourth-order valence-corrected chi connectivity index (χ4v) is 4.60. The predicted octanol–water partition coefficient (Wildman–Crippen LogP) is 5.66. The van der Waals surface area contributed by atoms with E-state index in [1.165, 1.54) is 0 Å². The minimum Gasteiger partial charge on any atom is -0.492 e. The Kier molecular flexibility index (Phi) is 3.16. The molecule has 4 aliphatic rings. The maximum atomic E-state index is 6.45. The molecule has 2 atom stereocenters. The zero-order valence-corrected chi connectivity index (χ0v) is 17.1. The Morgan fingerprint density at radius 2 is 1.38 bits per heavy atom. The molecule has 2 aromatic carbocycles. The van der Waals surface area contributed by atoms with Crippen LogP contribution < -0.4 is 18.9 Å². The third-order valence-corrected chi connectivity index (χ3v) is 6.10. The van der Waals surface area contributed by atoms with Crippen molar-refractivity contribution in [2.45, 2.75) is 50.9 Å². The van der Waals surface area contributed by atoms with Gasteiger partial charge in [-0.1, -0.05) is 12.2 Å². The highest BCUT2D eigenvalue weighted by molar-refractivity contribution is 5.68. The molecule has 0 radical (unpaired) electrons. The van der Waals surface area contributed by atoms with Gasteiger partial charge in [0.2, 0.25) is 0 Å². The van der Waals surface area contributed by atoms with Crippen LogP contribution in [-0.4, -0.2) is 17.8 Å². The molecule has 4 heterocycles. The first-order valence-corrected chi connectivity index (χ1v) is 10.2. The summed E-state index contributed by atoms with van der Waals surface area (Å²) >= 11 is 0. The molecule has 0 spiro atoms. The van der Waals surface area contributed by atoms with E-state index >= 15 is 0 Å². The van der Waals surface area contributed by atoms with Gasteiger partial charge in [0.15, 0.2) is 0 Å². The number of hydrogen-bond acceptors (Lipinski definition) is 4. The van der Waals surface area contributed by atoms with E-state index in [4.69, 9.17) is 18.9 Å². The predicted molar refractivity (Wildman–Crippen MR) is 112 cm³/mol. The topological polar surface area (TPSA) is 36.9 Å². The van der Waals surface area contributed by atoms with Crippen molar-refractivity contribution in [1.82, 2.24) is 0 Å². The van der Waals surface area contributed by atoms with Crippen LogP contribution in [0.4, 0.5) is 0 Å². The van der Waals surface area contributed by atoms with Crippen LogP contribution in [0.3, 0.4) is 0 Å². The molecular formula is C25H24O4. The zero-order valence-electron chi connectivity index (χ0n) is 17.1.